The molecule has 184 valence electrons. The third-order valence-electron chi connectivity index (χ3n) is 6.52. The second-order valence-corrected chi connectivity index (χ2v) is 8.83. The molecule has 2 aromatic heterocycles. The van der Waals surface area contributed by atoms with E-state index in [1.54, 1.807) is 30.7 Å². The fraction of sp³-hybridized carbons (Fsp3) is 0.143. The highest BCUT2D eigenvalue weighted by atomic mass is 19.1. The van der Waals surface area contributed by atoms with Crippen molar-refractivity contribution < 1.29 is 9.18 Å². The summed E-state index contributed by atoms with van der Waals surface area (Å²) >= 11 is 0. The zero-order chi connectivity index (χ0) is 25.2. The summed E-state index contributed by atoms with van der Waals surface area (Å²) in [6.45, 7) is 3.13. The number of rotatable bonds is 5. The number of hydrogen-bond donors (Lipinski definition) is 1. The van der Waals surface area contributed by atoms with Gasteiger partial charge in [-0.3, -0.25) is 4.79 Å². The lowest BCUT2D eigenvalue weighted by molar-refractivity contribution is 0.102. The lowest BCUT2D eigenvalue weighted by Crippen LogP contribution is -2.47. The first-order valence-electron chi connectivity index (χ1n) is 12.1. The summed E-state index contributed by atoms with van der Waals surface area (Å²) in [7, 11) is 0. The number of anilines is 3. The molecule has 3 heterocycles. The minimum Gasteiger partial charge on any atom is -0.368 e. The summed E-state index contributed by atoms with van der Waals surface area (Å²) in [5.41, 5.74) is 3.95. The van der Waals surface area contributed by atoms with Gasteiger partial charge in [0.05, 0.1) is 11.2 Å². The van der Waals surface area contributed by atoms with Crippen LogP contribution in [-0.2, 0) is 0 Å². The van der Waals surface area contributed by atoms with Crippen LogP contribution in [0, 0.1) is 5.82 Å². The molecule has 9 heteroatoms. The van der Waals surface area contributed by atoms with Gasteiger partial charge in [0.15, 0.2) is 0 Å². The second-order valence-electron chi connectivity index (χ2n) is 8.83. The van der Waals surface area contributed by atoms with Crippen molar-refractivity contribution in [2.75, 3.05) is 41.3 Å². The fourth-order valence-electron chi connectivity index (χ4n) is 4.60. The Bertz CT molecular complexity index is 1550. The van der Waals surface area contributed by atoms with E-state index < -0.39 is 0 Å². The van der Waals surface area contributed by atoms with Crippen LogP contribution >= 0.6 is 0 Å². The number of carbonyl (C=O) groups excluding carboxylic acids is 1. The highest BCUT2D eigenvalue weighted by Crippen LogP contribution is 2.27. The molecule has 1 aliphatic heterocycles. The first kappa shape index (κ1) is 22.7. The lowest BCUT2D eigenvalue weighted by atomic mass is 10.1. The van der Waals surface area contributed by atoms with E-state index in [0.717, 1.165) is 54.3 Å². The number of benzene rings is 3. The molecule has 8 nitrogen and oxygen atoms in total. The van der Waals surface area contributed by atoms with Gasteiger partial charge in [-0.15, -0.1) is 0 Å². The summed E-state index contributed by atoms with van der Waals surface area (Å²) in [5.74, 6) is 0.339. The number of amides is 1. The highest BCUT2D eigenvalue weighted by Gasteiger charge is 2.21. The van der Waals surface area contributed by atoms with Gasteiger partial charge in [0.1, 0.15) is 18.0 Å². The smallest absolute Gasteiger partial charge is 0.255 e. The molecule has 0 unspecified atom stereocenters. The van der Waals surface area contributed by atoms with E-state index >= 15 is 0 Å². The van der Waals surface area contributed by atoms with Gasteiger partial charge in [-0.25, -0.2) is 19.0 Å². The van der Waals surface area contributed by atoms with Crippen molar-refractivity contribution in [2.24, 2.45) is 0 Å². The maximum absolute atomic E-state index is 13.2. The first-order valence-corrected chi connectivity index (χ1v) is 12.1. The number of fused-ring (bicyclic) bond motifs is 1. The van der Waals surface area contributed by atoms with Crippen LogP contribution in [0.25, 0.3) is 16.6 Å². The first-order chi connectivity index (χ1) is 18.1. The number of aromatic nitrogens is 4. The van der Waals surface area contributed by atoms with Crippen LogP contribution in [-0.4, -0.2) is 51.8 Å². The molecule has 0 radical (unpaired) electrons. The highest BCUT2D eigenvalue weighted by molar-refractivity contribution is 6.04. The predicted molar refractivity (Wildman–Crippen MR) is 142 cm³/mol. The van der Waals surface area contributed by atoms with E-state index in [1.165, 1.54) is 12.1 Å². The van der Waals surface area contributed by atoms with E-state index in [0.29, 0.717) is 11.3 Å². The van der Waals surface area contributed by atoms with Crippen molar-refractivity contribution in [1.29, 1.82) is 0 Å². The van der Waals surface area contributed by atoms with Crippen LogP contribution in [0.2, 0.25) is 0 Å². The molecule has 0 atom stereocenters. The Morgan fingerprint density at radius 1 is 0.838 bits per heavy atom. The van der Waals surface area contributed by atoms with Gasteiger partial charge in [0, 0.05) is 60.9 Å². The Morgan fingerprint density at radius 3 is 2.43 bits per heavy atom. The summed E-state index contributed by atoms with van der Waals surface area (Å²) in [6.07, 6.45) is 5.28. The predicted octanol–water partition coefficient (Wildman–Crippen LogP) is 4.53. The molecule has 37 heavy (non-hydrogen) atoms. The molecule has 5 aromatic rings. The molecule has 6 rings (SSSR count). The average Bonchev–Trinajstić information content (AvgIpc) is 3.49. The van der Waals surface area contributed by atoms with Crippen molar-refractivity contribution >= 4 is 34.0 Å². The minimum atomic E-state index is -0.340. The Kier molecular flexibility index (Phi) is 5.94. The number of hydrogen-bond acceptors (Lipinski definition) is 6. The second kappa shape index (κ2) is 9.69. The number of nitrogens with zero attached hydrogens (tertiary/aromatic N) is 6. The topological polar surface area (TPSA) is 79.2 Å². The van der Waals surface area contributed by atoms with Crippen LogP contribution in [0.3, 0.4) is 0 Å². The molecule has 0 bridgehead atoms. The van der Waals surface area contributed by atoms with Gasteiger partial charge in [0.2, 0.25) is 0 Å². The molecular formula is C28H24FN7O. The molecule has 1 amide bonds. The fourth-order valence-corrected chi connectivity index (χ4v) is 4.60. The molecule has 0 spiro atoms. The number of piperazine rings is 1. The quantitative estimate of drug-likeness (QED) is 0.388. The molecule has 1 aliphatic rings. The zero-order valence-corrected chi connectivity index (χ0v) is 20.0. The van der Waals surface area contributed by atoms with Crippen molar-refractivity contribution in [2.45, 2.75) is 0 Å². The summed E-state index contributed by atoms with van der Waals surface area (Å²) in [5, 5.41) is 8.15. The monoisotopic (exact) mass is 493 g/mol. The van der Waals surface area contributed by atoms with E-state index in [4.69, 9.17) is 0 Å². The summed E-state index contributed by atoms with van der Waals surface area (Å²) in [4.78, 5) is 26.4. The SMILES string of the molecule is O=C(Nc1ccc(F)cc1)c1cccc(N2CCN(c3ncnc4ccc(-n5cccn5)cc34)CC2)c1. The molecule has 3 aromatic carbocycles. The molecule has 0 aliphatic carbocycles. The van der Waals surface area contributed by atoms with E-state index in [1.807, 2.05) is 47.3 Å². The summed E-state index contributed by atoms with van der Waals surface area (Å²) in [6, 6.07) is 21.3. The maximum Gasteiger partial charge on any atom is 0.255 e. The van der Waals surface area contributed by atoms with Crippen molar-refractivity contribution in [3.8, 4) is 5.69 Å². The van der Waals surface area contributed by atoms with Gasteiger partial charge in [-0.05, 0) is 66.7 Å². The average molecular weight is 494 g/mol. The van der Waals surface area contributed by atoms with Crippen LogP contribution in [0.5, 0.6) is 0 Å². The third-order valence-corrected chi connectivity index (χ3v) is 6.52. The number of nitrogens with one attached hydrogen (secondary N) is 1. The van der Waals surface area contributed by atoms with E-state index in [9.17, 15) is 9.18 Å². The molecule has 1 N–H and O–H groups in total. The lowest BCUT2D eigenvalue weighted by Gasteiger charge is -2.37. The van der Waals surface area contributed by atoms with Crippen molar-refractivity contribution in [3.63, 3.8) is 0 Å². The van der Waals surface area contributed by atoms with Crippen LogP contribution < -0.4 is 15.1 Å². The Hall–Kier alpha value is -4.79. The van der Waals surface area contributed by atoms with Crippen LogP contribution in [0.15, 0.2) is 91.5 Å². The third kappa shape index (κ3) is 4.71. The number of carbonyl (C=O) groups is 1. The number of halogens is 1. The van der Waals surface area contributed by atoms with Crippen LogP contribution in [0.4, 0.5) is 21.6 Å². The normalized spacial score (nSPS) is 13.6. The Labute approximate surface area is 213 Å². The Balaban J connectivity index is 1.17. The van der Waals surface area contributed by atoms with Gasteiger partial charge in [0.25, 0.3) is 5.91 Å². The zero-order valence-electron chi connectivity index (χ0n) is 20.0. The van der Waals surface area contributed by atoms with Crippen molar-refractivity contribution in [1.82, 2.24) is 19.7 Å². The molecule has 0 saturated carbocycles. The molecule has 1 saturated heterocycles. The molecular weight excluding hydrogens is 469 g/mol. The summed E-state index contributed by atoms with van der Waals surface area (Å²) < 4.78 is 15.0. The largest absolute Gasteiger partial charge is 0.368 e. The van der Waals surface area contributed by atoms with Crippen molar-refractivity contribution in [3.05, 3.63) is 103 Å². The van der Waals surface area contributed by atoms with Gasteiger partial charge in [-0.2, -0.15) is 5.10 Å². The van der Waals surface area contributed by atoms with Crippen LogP contribution in [0.1, 0.15) is 10.4 Å². The maximum atomic E-state index is 13.2. The Morgan fingerprint density at radius 2 is 1.65 bits per heavy atom. The van der Waals surface area contributed by atoms with E-state index in [-0.39, 0.29) is 11.7 Å². The standard InChI is InChI=1S/C28H24FN7O/c29-21-5-7-22(8-6-21)33-28(37)20-3-1-4-23(17-20)34-13-15-35(16-14-34)27-25-18-24(36-12-2-11-32-36)9-10-26(25)30-19-31-27/h1-12,17-19H,13-16H2,(H,33,37). The van der Waals surface area contributed by atoms with Gasteiger partial charge >= 0.3 is 0 Å². The molecule has 1 fully saturated rings. The van der Waals surface area contributed by atoms with Gasteiger partial charge < -0.3 is 15.1 Å². The van der Waals surface area contributed by atoms with E-state index in [2.05, 4.69) is 36.2 Å². The minimum absolute atomic E-state index is 0.229. The van der Waals surface area contributed by atoms with Gasteiger partial charge in [-0.1, -0.05) is 6.07 Å².